The Hall–Kier alpha value is -2.80. The molecule has 23 heavy (non-hydrogen) atoms. The van der Waals surface area contributed by atoms with Crippen molar-refractivity contribution in [1.29, 1.82) is 0 Å². The molecule has 3 N–H and O–H groups in total. The van der Waals surface area contributed by atoms with E-state index in [1.165, 1.54) is 12.1 Å². The molecule has 0 fully saturated rings. The maximum atomic E-state index is 12.8. The van der Waals surface area contributed by atoms with Gasteiger partial charge < -0.3 is 15.4 Å². The van der Waals surface area contributed by atoms with Gasteiger partial charge >= 0.3 is 0 Å². The van der Waals surface area contributed by atoms with Crippen LogP contribution in [0.4, 0.5) is 15.8 Å². The summed E-state index contributed by atoms with van der Waals surface area (Å²) < 4.78 is 12.8. The fraction of sp³-hybridized carbons (Fsp3) is 0.0625. The number of benzene rings is 2. The van der Waals surface area contributed by atoms with Crippen molar-refractivity contribution in [3.05, 3.63) is 53.8 Å². The SMILES string of the molecule is Cc1cccc2c(N=NC(=S)Nc3ccc(F)cc3)c(O)[nH]c12. The van der Waals surface area contributed by atoms with E-state index >= 15 is 0 Å². The van der Waals surface area contributed by atoms with E-state index in [2.05, 4.69) is 20.5 Å². The van der Waals surface area contributed by atoms with E-state index in [1.54, 1.807) is 12.1 Å². The fourth-order valence-corrected chi connectivity index (χ4v) is 2.37. The molecule has 0 saturated heterocycles. The summed E-state index contributed by atoms with van der Waals surface area (Å²) in [5.41, 5.74) is 2.73. The van der Waals surface area contributed by atoms with Crippen molar-refractivity contribution in [1.82, 2.24) is 4.98 Å². The first kappa shape index (κ1) is 15.1. The van der Waals surface area contributed by atoms with Crippen LogP contribution in [0.2, 0.25) is 0 Å². The molecule has 0 spiro atoms. The van der Waals surface area contributed by atoms with Crippen molar-refractivity contribution >= 4 is 39.6 Å². The van der Waals surface area contributed by atoms with Crippen molar-refractivity contribution in [3.8, 4) is 5.88 Å². The molecule has 116 valence electrons. The number of aryl methyl sites for hydroxylation is 1. The lowest BCUT2D eigenvalue weighted by Gasteiger charge is -2.02. The van der Waals surface area contributed by atoms with E-state index in [0.717, 1.165) is 16.5 Å². The number of aromatic nitrogens is 1. The Morgan fingerprint density at radius 1 is 1.22 bits per heavy atom. The highest BCUT2D eigenvalue weighted by Crippen LogP contribution is 2.36. The van der Waals surface area contributed by atoms with Gasteiger partial charge in [0.2, 0.25) is 11.0 Å². The minimum atomic E-state index is -0.331. The second kappa shape index (κ2) is 6.13. The maximum Gasteiger partial charge on any atom is 0.218 e. The van der Waals surface area contributed by atoms with Gasteiger partial charge in [0.05, 0.1) is 5.52 Å². The van der Waals surface area contributed by atoms with E-state index in [4.69, 9.17) is 12.2 Å². The van der Waals surface area contributed by atoms with Crippen LogP contribution in [0.25, 0.3) is 10.9 Å². The van der Waals surface area contributed by atoms with Crippen LogP contribution in [0.15, 0.2) is 52.7 Å². The quantitative estimate of drug-likeness (QED) is 0.467. The molecule has 0 amide bonds. The molecule has 3 rings (SSSR count). The van der Waals surface area contributed by atoms with Gasteiger partial charge in [-0.3, -0.25) is 0 Å². The number of aromatic amines is 1. The predicted molar refractivity (Wildman–Crippen MR) is 91.8 cm³/mol. The highest BCUT2D eigenvalue weighted by atomic mass is 32.1. The van der Waals surface area contributed by atoms with Gasteiger partial charge in [-0.25, -0.2) is 4.39 Å². The standard InChI is InChI=1S/C16H13FN4OS/c1-9-3-2-4-12-13(9)19-15(22)14(12)20-21-16(23)18-11-7-5-10(17)6-8-11/h2-8,19,22H,1H3,(H,18,23). The average Bonchev–Trinajstić information content (AvgIpc) is 2.85. The average molecular weight is 328 g/mol. The first-order chi connectivity index (χ1) is 11.0. The summed E-state index contributed by atoms with van der Waals surface area (Å²) in [4.78, 5) is 2.87. The van der Waals surface area contributed by atoms with E-state index < -0.39 is 0 Å². The van der Waals surface area contributed by atoms with Crippen molar-refractivity contribution < 1.29 is 9.50 Å². The van der Waals surface area contributed by atoms with Crippen molar-refractivity contribution in [2.45, 2.75) is 6.92 Å². The van der Waals surface area contributed by atoms with Gasteiger partial charge in [-0.2, -0.15) is 0 Å². The number of nitrogens with one attached hydrogen (secondary N) is 2. The van der Waals surface area contributed by atoms with Crippen LogP contribution in [0, 0.1) is 12.7 Å². The van der Waals surface area contributed by atoms with Gasteiger partial charge in [-0.15, -0.1) is 10.2 Å². The zero-order chi connectivity index (χ0) is 16.4. The third kappa shape index (κ3) is 3.19. The number of azo groups is 1. The number of hydrogen-bond donors (Lipinski definition) is 3. The zero-order valence-corrected chi connectivity index (χ0v) is 13.0. The molecule has 0 bridgehead atoms. The summed E-state index contributed by atoms with van der Waals surface area (Å²) in [7, 11) is 0. The number of hydrogen-bond acceptors (Lipinski definition) is 3. The Labute approximate surface area is 136 Å². The van der Waals surface area contributed by atoms with Gasteiger partial charge in [-0.1, -0.05) is 18.2 Å². The summed E-state index contributed by atoms with van der Waals surface area (Å²) in [5, 5.41) is 21.6. The predicted octanol–water partition coefficient (Wildman–Crippen LogP) is 4.80. The molecule has 0 radical (unpaired) electrons. The van der Waals surface area contributed by atoms with Gasteiger partial charge in [0.25, 0.3) is 0 Å². The van der Waals surface area contributed by atoms with Crippen LogP contribution in [0.1, 0.15) is 5.56 Å². The minimum absolute atomic E-state index is 0.0670. The Bertz CT molecular complexity index is 902. The first-order valence-corrected chi connectivity index (χ1v) is 7.24. The van der Waals surface area contributed by atoms with E-state index in [1.807, 2.05) is 25.1 Å². The number of anilines is 1. The normalized spacial score (nSPS) is 11.2. The number of H-pyrrole nitrogens is 1. The second-order valence-corrected chi connectivity index (χ2v) is 5.34. The van der Waals surface area contributed by atoms with Crippen molar-refractivity contribution in [3.63, 3.8) is 0 Å². The van der Waals surface area contributed by atoms with E-state index in [0.29, 0.717) is 11.4 Å². The van der Waals surface area contributed by atoms with Gasteiger partial charge in [-0.05, 0) is 49.0 Å². The lowest BCUT2D eigenvalue weighted by atomic mass is 10.1. The second-order valence-electron chi connectivity index (χ2n) is 4.96. The fourth-order valence-electron chi connectivity index (χ4n) is 2.21. The largest absolute Gasteiger partial charge is 0.493 e. The Morgan fingerprint density at radius 3 is 2.70 bits per heavy atom. The lowest BCUT2D eigenvalue weighted by molar-refractivity contribution is 0.459. The molecule has 3 aromatic rings. The molecule has 0 saturated carbocycles. The van der Waals surface area contributed by atoms with Gasteiger partial charge in [0.15, 0.2) is 5.69 Å². The number of nitrogens with zero attached hydrogens (tertiary/aromatic N) is 2. The molecule has 0 atom stereocenters. The molecule has 1 heterocycles. The lowest BCUT2D eigenvalue weighted by Crippen LogP contribution is -2.04. The van der Waals surface area contributed by atoms with Gasteiger partial charge in [0.1, 0.15) is 5.82 Å². The number of thiocarbonyl (C=S) groups is 1. The number of aromatic hydroxyl groups is 1. The summed E-state index contributed by atoms with van der Waals surface area (Å²) >= 11 is 5.08. The highest BCUT2D eigenvalue weighted by molar-refractivity contribution is 7.80. The summed E-state index contributed by atoms with van der Waals surface area (Å²) in [6.07, 6.45) is 0. The van der Waals surface area contributed by atoms with Crippen LogP contribution >= 0.6 is 12.2 Å². The smallest absolute Gasteiger partial charge is 0.218 e. The zero-order valence-electron chi connectivity index (χ0n) is 12.2. The number of para-hydroxylation sites is 1. The highest BCUT2D eigenvalue weighted by Gasteiger charge is 2.11. The number of rotatable bonds is 2. The van der Waals surface area contributed by atoms with Crippen molar-refractivity contribution in [2.24, 2.45) is 10.2 Å². The topological polar surface area (TPSA) is 72.8 Å². The van der Waals surface area contributed by atoms with Crippen LogP contribution in [0.3, 0.4) is 0 Å². The molecule has 0 aliphatic carbocycles. The Morgan fingerprint density at radius 2 is 1.96 bits per heavy atom. The molecule has 7 heteroatoms. The Kier molecular flexibility index (Phi) is 4.03. The minimum Gasteiger partial charge on any atom is -0.493 e. The molecular weight excluding hydrogens is 315 g/mol. The van der Waals surface area contributed by atoms with Crippen LogP contribution < -0.4 is 5.32 Å². The summed E-state index contributed by atoms with van der Waals surface area (Å²) in [5.74, 6) is -0.398. The Balaban J connectivity index is 1.82. The van der Waals surface area contributed by atoms with E-state index in [-0.39, 0.29) is 16.8 Å². The van der Waals surface area contributed by atoms with Crippen molar-refractivity contribution in [2.75, 3.05) is 5.32 Å². The molecule has 2 aromatic carbocycles. The number of fused-ring (bicyclic) bond motifs is 1. The molecular formula is C16H13FN4OS. The monoisotopic (exact) mass is 328 g/mol. The molecule has 1 aromatic heterocycles. The third-order valence-corrected chi connectivity index (χ3v) is 3.52. The van der Waals surface area contributed by atoms with Crippen LogP contribution in [-0.4, -0.2) is 15.2 Å². The maximum absolute atomic E-state index is 12.8. The molecule has 0 aliphatic rings. The van der Waals surface area contributed by atoms with Crippen LogP contribution in [0.5, 0.6) is 5.88 Å². The first-order valence-electron chi connectivity index (χ1n) is 6.83. The molecule has 5 nitrogen and oxygen atoms in total. The van der Waals surface area contributed by atoms with Crippen LogP contribution in [-0.2, 0) is 0 Å². The summed E-state index contributed by atoms with van der Waals surface area (Å²) in [6, 6.07) is 11.4. The number of halogens is 1. The van der Waals surface area contributed by atoms with Gasteiger partial charge in [0, 0.05) is 11.1 Å². The molecule has 0 unspecified atom stereocenters. The third-order valence-electron chi connectivity index (χ3n) is 3.33. The summed E-state index contributed by atoms with van der Waals surface area (Å²) in [6.45, 7) is 1.93. The molecule has 0 aliphatic heterocycles. The van der Waals surface area contributed by atoms with E-state index in [9.17, 15) is 9.50 Å².